The minimum absolute atomic E-state index is 0.0479. The molecule has 0 aliphatic rings. The van der Waals surface area contributed by atoms with Crippen molar-refractivity contribution in [1.82, 2.24) is 10.2 Å². The van der Waals surface area contributed by atoms with E-state index < -0.39 is 0 Å². The van der Waals surface area contributed by atoms with Gasteiger partial charge < -0.3 is 9.47 Å². The van der Waals surface area contributed by atoms with Crippen LogP contribution in [0.1, 0.15) is 46.5 Å². The lowest BCUT2D eigenvalue weighted by molar-refractivity contribution is 0.101. The summed E-state index contributed by atoms with van der Waals surface area (Å²) in [5.41, 5.74) is 1.58. The molecule has 0 fully saturated rings. The largest absolute Gasteiger partial charge is 0.493 e. The Bertz CT molecular complexity index is 984. The van der Waals surface area contributed by atoms with Gasteiger partial charge in [0.1, 0.15) is 11.5 Å². The number of rotatable bonds is 9. The molecule has 0 aliphatic carbocycles. The van der Waals surface area contributed by atoms with Gasteiger partial charge >= 0.3 is 0 Å². The van der Waals surface area contributed by atoms with Crippen molar-refractivity contribution in [1.29, 1.82) is 0 Å². The van der Waals surface area contributed by atoms with Crippen LogP contribution in [-0.2, 0) is 6.42 Å². The number of hydrogen-bond donors (Lipinski definition) is 1. The summed E-state index contributed by atoms with van der Waals surface area (Å²) in [5.74, 6) is 0.509. The maximum atomic E-state index is 12.7. The average molecular weight is 432 g/mol. The number of anilines is 1. The maximum Gasteiger partial charge on any atom is 0.257 e. The van der Waals surface area contributed by atoms with E-state index in [1.165, 1.54) is 12.5 Å². The van der Waals surface area contributed by atoms with Gasteiger partial charge in [0.25, 0.3) is 5.91 Å². The van der Waals surface area contributed by atoms with Crippen molar-refractivity contribution in [2.24, 2.45) is 0 Å². The molecule has 0 saturated heterocycles. The van der Waals surface area contributed by atoms with E-state index >= 15 is 0 Å². The molecule has 0 aliphatic heterocycles. The molecule has 0 spiro atoms. The Balaban J connectivity index is 1.74. The molecule has 0 unspecified atom stereocenters. The summed E-state index contributed by atoms with van der Waals surface area (Å²) >= 11 is 2.68. The Morgan fingerprint density at radius 2 is 1.97 bits per heavy atom. The third-order valence-corrected chi connectivity index (χ3v) is 5.37. The van der Waals surface area contributed by atoms with Gasteiger partial charge in [-0.25, -0.2) is 0 Å². The van der Waals surface area contributed by atoms with E-state index in [4.69, 9.17) is 9.47 Å². The fourth-order valence-electron chi connectivity index (χ4n) is 2.43. The number of nitrogens with zero attached hydrogens (tertiary/aromatic N) is 2. The van der Waals surface area contributed by atoms with E-state index in [0.717, 1.165) is 17.8 Å². The number of carbonyl (C=O) groups is 2. The smallest absolute Gasteiger partial charge is 0.257 e. The summed E-state index contributed by atoms with van der Waals surface area (Å²) in [5, 5.41) is 14.9. The summed E-state index contributed by atoms with van der Waals surface area (Å²) in [6.07, 6.45) is 0.729. The van der Waals surface area contributed by atoms with E-state index in [-0.39, 0.29) is 27.9 Å². The van der Waals surface area contributed by atoms with Crippen LogP contribution in [0.5, 0.6) is 11.5 Å². The number of ketones is 1. The second kappa shape index (κ2) is 9.62. The predicted molar refractivity (Wildman–Crippen MR) is 114 cm³/mol. The first kappa shape index (κ1) is 20.9. The van der Waals surface area contributed by atoms with Crippen molar-refractivity contribution in [2.75, 3.05) is 11.9 Å². The number of amides is 1. The standard InChI is InChI=1S/C20H21N3O4S2/c1-12(2)27-17-9-15(18(25)21-20-23-22-19(29-20)13(3)24)8-16(10-17)26-6-4-14-5-7-28-11-14/h5,7-12H,4,6H2,1-3H3,(H,21,23,25). The molecule has 152 valence electrons. The van der Waals surface area contributed by atoms with Gasteiger partial charge in [0.15, 0.2) is 10.8 Å². The highest BCUT2D eigenvalue weighted by Gasteiger charge is 2.15. The molecule has 7 nitrogen and oxygen atoms in total. The molecule has 2 heterocycles. The molecule has 29 heavy (non-hydrogen) atoms. The average Bonchev–Trinajstić information content (AvgIpc) is 3.33. The van der Waals surface area contributed by atoms with Crippen LogP contribution in [-0.4, -0.2) is 34.6 Å². The molecule has 1 amide bonds. The molecule has 3 aromatic rings. The summed E-state index contributed by atoms with van der Waals surface area (Å²) in [7, 11) is 0. The highest BCUT2D eigenvalue weighted by atomic mass is 32.1. The first-order valence-electron chi connectivity index (χ1n) is 9.02. The highest BCUT2D eigenvalue weighted by molar-refractivity contribution is 7.17. The zero-order chi connectivity index (χ0) is 20.8. The fourth-order valence-corrected chi connectivity index (χ4v) is 3.77. The number of nitrogens with one attached hydrogen (secondary N) is 1. The molecule has 2 aromatic heterocycles. The van der Waals surface area contributed by atoms with Gasteiger partial charge in [0, 0.05) is 25.0 Å². The molecule has 1 N–H and O–H groups in total. The van der Waals surface area contributed by atoms with Gasteiger partial charge in [-0.3, -0.25) is 14.9 Å². The van der Waals surface area contributed by atoms with Crippen LogP contribution in [0.15, 0.2) is 35.0 Å². The molecular weight excluding hydrogens is 410 g/mol. The Hall–Kier alpha value is -2.78. The Morgan fingerprint density at radius 1 is 1.17 bits per heavy atom. The minimum Gasteiger partial charge on any atom is -0.493 e. The van der Waals surface area contributed by atoms with Crippen LogP contribution in [0, 0.1) is 0 Å². The van der Waals surface area contributed by atoms with Crippen molar-refractivity contribution in [3.63, 3.8) is 0 Å². The number of benzene rings is 1. The number of aromatic nitrogens is 2. The monoisotopic (exact) mass is 431 g/mol. The van der Waals surface area contributed by atoms with Gasteiger partial charge in [-0.2, -0.15) is 11.3 Å². The van der Waals surface area contributed by atoms with Crippen molar-refractivity contribution < 1.29 is 19.1 Å². The number of Topliss-reactive ketones (excluding diaryl/α,β-unsaturated/α-hetero) is 1. The topological polar surface area (TPSA) is 90.4 Å². The lowest BCUT2D eigenvalue weighted by Crippen LogP contribution is -2.13. The zero-order valence-electron chi connectivity index (χ0n) is 16.3. The van der Waals surface area contributed by atoms with Gasteiger partial charge in [-0.05, 0) is 48.4 Å². The highest BCUT2D eigenvalue weighted by Crippen LogP contribution is 2.25. The third kappa shape index (κ3) is 6.10. The van der Waals surface area contributed by atoms with Crippen LogP contribution >= 0.6 is 22.7 Å². The van der Waals surface area contributed by atoms with E-state index in [9.17, 15) is 9.59 Å². The van der Waals surface area contributed by atoms with E-state index in [2.05, 4.69) is 27.0 Å². The summed E-state index contributed by atoms with van der Waals surface area (Å²) < 4.78 is 11.6. The van der Waals surface area contributed by atoms with E-state index in [1.807, 2.05) is 19.2 Å². The van der Waals surface area contributed by atoms with Crippen molar-refractivity contribution in [3.8, 4) is 11.5 Å². The van der Waals surface area contributed by atoms with Gasteiger partial charge in [0.2, 0.25) is 5.13 Å². The predicted octanol–water partition coefficient (Wildman–Crippen LogP) is 4.46. The lowest BCUT2D eigenvalue weighted by Gasteiger charge is -2.14. The molecule has 3 rings (SSSR count). The lowest BCUT2D eigenvalue weighted by atomic mass is 10.2. The summed E-state index contributed by atoms with van der Waals surface area (Å²) in [4.78, 5) is 24.0. The first-order valence-corrected chi connectivity index (χ1v) is 10.8. The number of carbonyl (C=O) groups excluding carboxylic acids is 2. The van der Waals surface area contributed by atoms with Crippen molar-refractivity contribution >= 4 is 39.5 Å². The fraction of sp³-hybridized carbons (Fsp3) is 0.300. The van der Waals surface area contributed by atoms with Crippen LogP contribution in [0.2, 0.25) is 0 Å². The van der Waals surface area contributed by atoms with Crippen LogP contribution in [0.25, 0.3) is 0 Å². The van der Waals surface area contributed by atoms with E-state index in [1.54, 1.807) is 29.5 Å². The molecule has 1 aromatic carbocycles. The first-order chi connectivity index (χ1) is 13.9. The quantitative estimate of drug-likeness (QED) is 0.503. The van der Waals surface area contributed by atoms with Gasteiger partial charge in [0.05, 0.1) is 12.7 Å². The van der Waals surface area contributed by atoms with Gasteiger partial charge in [-0.15, -0.1) is 10.2 Å². The van der Waals surface area contributed by atoms with Gasteiger partial charge in [-0.1, -0.05) is 11.3 Å². The second-order valence-electron chi connectivity index (χ2n) is 6.51. The molecule has 0 atom stereocenters. The zero-order valence-corrected chi connectivity index (χ0v) is 17.9. The number of ether oxygens (including phenoxy) is 2. The van der Waals surface area contributed by atoms with Crippen LogP contribution in [0.3, 0.4) is 0 Å². The minimum atomic E-state index is -0.381. The molecule has 9 heteroatoms. The van der Waals surface area contributed by atoms with E-state index in [0.29, 0.717) is 23.7 Å². The number of thiophene rings is 1. The Morgan fingerprint density at radius 3 is 2.62 bits per heavy atom. The molecular formula is C20H21N3O4S2. The normalized spacial score (nSPS) is 10.8. The number of hydrogen-bond acceptors (Lipinski definition) is 8. The molecule has 0 radical (unpaired) electrons. The SMILES string of the molecule is CC(=O)c1nnc(NC(=O)c2cc(OCCc3ccsc3)cc(OC(C)C)c2)s1. The van der Waals surface area contributed by atoms with Crippen molar-refractivity contribution in [2.45, 2.75) is 33.3 Å². The third-order valence-electron chi connectivity index (χ3n) is 3.70. The van der Waals surface area contributed by atoms with Crippen LogP contribution < -0.4 is 14.8 Å². The second-order valence-corrected chi connectivity index (χ2v) is 8.27. The maximum absolute atomic E-state index is 12.7. The Kier molecular flexibility index (Phi) is 6.95. The molecule has 0 saturated carbocycles. The van der Waals surface area contributed by atoms with Crippen molar-refractivity contribution in [3.05, 3.63) is 51.2 Å². The Labute approximate surface area is 176 Å². The molecule has 0 bridgehead atoms. The summed E-state index contributed by atoms with van der Waals surface area (Å²) in [6, 6.07) is 7.13. The van der Waals surface area contributed by atoms with Crippen LogP contribution in [0.4, 0.5) is 5.13 Å². The summed E-state index contributed by atoms with van der Waals surface area (Å²) in [6.45, 7) is 5.71.